The molecule has 20 heavy (non-hydrogen) atoms. The Hall–Kier alpha value is -1.59. The van der Waals surface area contributed by atoms with E-state index in [1.807, 2.05) is 0 Å². The summed E-state index contributed by atoms with van der Waals surface area (Å²) in [5, 5.41) is 9.17. The van der Waals surface area contributed by atoms with E-state index in [0.717, 1.165) is 19.3 Å². The first-order chi connectivity index (χ1) is 9.54. The molecule has 0 aromatic rings. The van der Waals surface area contributed by atoms with Gasteiger partial charge in [-0.1, -0.05) is 6.42 Å². The topological polar surface area (TPSA) is 83.9 Å². The van der Waals surface area contributed by atoms with Crippen molar-refractivity contribution in [3.8, 4) is 0 Å². The standard InChI is InChI=1S/C14H21NO5/c1-2-20-12(16)8-15(9-6-7-9)13(17)10-4-3-5-11(10)14(18)19/h9-11H,2-8H2,1H3,(H,18,19). The van der Waals surface area contributed by atoms with Crippen LogP contribution in [-0.2, 0) is 19.1 Å². The molecule has 0 aromatic heterocycles. The van der Waals surface area contributed by atoms with E-state index >= 15 is 0 Å². The van der Waals surface area contributed by atoms with Crippen molar-refractivity contribution in [2.45, 2.75) is 45.1 Å². The van der Waals surface area contributed by atoms with Crippen molar-refractivity contribution in [1.82, 2.24) is 4.90 Å². The van der Waals surface area contributed by atoms with Gasteiger partial charge in [-0.05, 0) is 32.6 Å². The lowest BCUT2D eigenvalue weighted by Gasteiger charge is -2.26. The van der Waals surface area contributed by atoms with Crippen molar-refractivity contribution >= 4 is 17.8 Å². The van der Waals surface area contributed by atoms with Crippen LogP contribution in [0.5, 0.6) is 0 Å². The fraction of sp³-hybridized carbons (Fsp3) is 0.786. The zero-order chi connectivity index (χ0) is 14.7. The van der Waals surface area contributed by atoms with Crippen molar-refractivity contribution in [1.29, 1.82) is 0 Å². The molecule has 0 bridgehead atoms. The lowest BCUT2D eigenvalue weighted by Crippen LogP contribution is -2.43. The van der Waals surface area contributed by atoms with Crippen molar-refractivity contribution < 1.29 is 24.2 Å². The third-order valence-electron chi connectivity index (χ3n) is 4.03. The SMILES string of the molecule is CCOC(=O)CN(C(=O)C1CCCC1C(=O)O)C1CC1. The number of nitrogens with zero attached hydrogens (tertiary/aromatic N) is 1. The Labute approximate surface area is 118 Å². The summed E-state index contributed by atoms with van der Waals surface area (Å²) in [5.74, 6) is -2.61. The average Bonchev–Trinajstić information content (AvgIpc) is 3.11. The molecule has 2 fully saturated rings. The lowest BCUT2D eigenvalue weighted by molar-refractivity contribution is -0.153. The van der Waals surface area contributed by atoms with Crippen molar-refractivity contribution in [3.63, 3.8) is 0 Å². The van der Waals surface area contributed by atoms with Gasteiger partial charge in [0, 0.05) is 6.04 Å². The van der Waals surface area contributed by atoms with Gasteiger partial charge in [-0.3, -0.25) is 14.4 Å². The summed E-state index contributed by atoms with van der Waals surface area (Å²) in [4.78, 5) is 36.8. The van der Waals surface area contributed by atoms with Crippen LogP contribution in [0, 0.1) is 11.8 Å². The predicted molar refractivity (Wildman–Crippen MR) is 69.8 cm³/mol. The van der Waals surface area contributed by atoms with Crippen LogP contribution in [0.3, 0.4) is 0 Å². The van der Waals surface area contributed by atoms with E-state index in [4.69, 9.17) is 4.74 Å². The first-order valence-electron chi connectivity index (χ1n) is 7.23. The van der Waals surface area contributed by atoms with Crippen LogP contribution in [0.4, 0.5) is 0 Å². The molecule has 2 aliphatic carbocycles. The summed E-state index contributed by atoms with van der Waals surface area (Å²) in [7, 11) is 0. The molecule has 0 saturated heterocycles. The van der Waals surface area contributed by atoms with E-state index in [1.165, 1.54) is 4.90 Å². The number of carboxylic acids is 1. The molecule has 0 aromatic carbocycles. The van der Waals surface area contributed by atoms with E-state index < -0.39 is 23.8 Å². The maximum Gasteiger partial charge on any atom is 0.325 e. The highest BCUT2D eigenvalue weighted by molar-refractivity contribution is 5.88. The van der Waals surface area contributed by atoms with E-state index in [0.29, 0.717) is 12.8 Å². The number of aliphatic carboxylic acids is 1. The van der Waals surface area contributed by atoms with Crippen LogP contribution in [0.2, 0.25) is 0 Å². The van der Waals surface area contributed by atoms with Crippen molar-refractivity contribution in [2.75, 3.05) is 13.2 Å². The second-order valence-electron chi connectivity index (χ2n) is 5.48. The Morgan fingerprint density at radius 1 is 1.15 bits per heavy atom. The Balaban J connectivity index is 2.03. The van der Waals surface area contributed by atoms with E-state index in [-0.39, 0.29) is 25.1 Å². The van der Waals surface area contributed by atoms with Gasteiger partial charge in [-0.15, -0.1) is 0 Å². The normalized spacial score (nSPS) is 25.2. The Kier molecular flexibility index (Phi) is 4.62. The number of hydrogen-bond donors (Lipinski definition) is 1. The fourth-order valence-electron chi connectivity index (χ4n) is 2.88. The van der Waals surface area contributed by atoms with E-state index in [1.54, 1.807) is 6.92 Å². The number of ether oxygens (including phenoxy) is 1. The zero-order valence-corrected chi connectivity index (χ0v) is 11.7. The molecule has 2 saturated carbocycles. The van der Waals surface area contributed by atoms with Gasteiger partial charge in [-0.25, -0.2) is 0 Å². The molecule has 0 aliphatic heterocycles. The minimum absolute atomic E-state index is 0.0554. The third-order valence-corrected chi connectivity index (χ3v) is 4.03. The van der Waals surface area contributed by atoms with E-state index in [2.05, 4.69) is 0 Å². The molecule has 0 radical (unpaired) electrons. The highest BCUT2D eigenvalue weighted by Crippen LogP contribution is 2.36. The highest BCUT2D eigenvalue weighted by Gasteiger charge is 2.43. The quantitative estimate of drug-likeness (QED) is 0.736. The molecular formula is C14H21NO5. The third kappa shape index (κ3) is 3.29. The first kappa shape index (κ1) is 14.8. The van der Waals surface area contributed by atoms with Gasteiger partial charge < -0.3 is 14.7 Å². The highest BCUT2D eigenvalue weighted by atomic mass is 16.5. The molecule has 2 aliphatic rings. The number of carbonyl (C=O) groups is 3. The van der Waals surface area contributed by atoms with Crippen molar-refractivity contribution in [2.24, 2.45) is 11.8 Å². The Morgan fingerprint density at radius 3 is 2.35 bits per heavy atom. The summed E-state index contributed by atoms with van der Waals surface area (Å²) in [5.41, 5.74) is 0. The van der Waals surface area contributed by atoms with Gasteiger partial charge in [0.05, 0.1) is 18.4 Å². The molecule has 2 atom stereocenters. The van der Waals surface area contributed by atoms with Crippen LogP contribution in [0.1, 0.15) is 39.0 Å². The number of carbonyl (C=O) groups excluding carboxylic acids is 2. The summed E-state index contributed by atoms with van der Waals surface area (Å²) in [6.07, 6.45) is 3.67. The molecule has 1 amide bonds. The minimum atomic E-state index is -0.910. The number of amides is 1. The number of esters is 1. The van der Waals surface area contributed by atoms with Crippen LogP contribution in [-0.4, -0.2) is 47.0 Å². The summed E-state index contributed by atoms with van der Waals surface area (Å²) < 4.78 is 4.89. The van der Waals surface area contributed by atoms with E-state index in [9.17, 15) is 19.5 Å². The Morgan fingerprint density at radius 2 is 1.80 bits per heavy atom. The van der Waals surface area contributed by atoms with Gasteiger partial charge in [-0.2, -0.15) is 0 Å². The summed E-state index contributed by atoms with van der Waals surface area (Å²) in [6.45, 7) is 1.95. The molecule has 6 nitrogen and oxygen atoms in total. The maximum atomic E-state index is 12.5. The number of rotatable bonds is 6. The average molecular weight is 283 g/mol. The molecule has 2 rings (SSSR count). The summed E-state index contributed by atoms with van der Waals surface area (Å²) in [6, 6.07) is 0.0851. The monoisotopic (exact) mass is 283 g/mol. The molecule has 6 heteroatoms. The predicted octanol–water partition coefficient (Wildman–Crippen LogP) is 1.04. The fourth-order valence-corrected chi connectivity index (χ4v) is 2.88. The van der Waals surface area contributed by atoms with Crippen LogP contribution in [0.25, 0.3) is 0 Å². The van der Waals surface area contributed by atoms with Crippen molar-refractivity contribution in [3.05, 3.63) is 0 Å². The largest absolute Gasteiger partial charge is 0.481 e. The van der Waals surface area contributed by atoms with Crippen LogP contribution < -0.4 is 0 Å². The van der Waals surface area contributed by atoms with Gasteiger partial charge in [0.2, 0.25) is 5.91 Å². The van der Waals surface area contributed by atoms with Crippen LogP contribution in [0.15, 0.2) is 0 Å². The molecule has 2 unspecified atom stereocenters. The molecule has 112 valence electrons. The lowest BCUT2D eigenvalue weighted by atomic mass is 9.94. The second kappa shape index (κ2) is 6.24. The second-order valence-corrected chi connectivity index (χ2v) is 5.48. The van der Waals surface area contributed by atoms with Gasteiger partial charge in [0.25, 0.3) is 0 Å². The molecular weight excluding hydrogens is 262 g/mol. The number of carboxylic acid groups (broad SMARTS) is 1. The summed E-state index contributed by atoms with van der Waals surface area (Å²) >= 11 is 0. The minimum Gasteiger partial charge on any atom is -0.481 e. The van der Waals surface area contributed by atoms with Gasteiger partial charge >= 0.3 is 11.9 Å². The Bertz CT molecular complexity index is 404. The molecule has 0 heterocycles. The first-order valence-corrected chi connectivity index (χ1v) is 7.23. The zero-order valence-electron chi connectivity index (χ0n) is 11.7. The van der Waals surface area contributed by atoms with Gasteiger partial charge in [0.1, 0.15) is 6.54 Å². The van der Waals surface area contributed by atoms with Gasteiger partial charge in [0.15, 0.2) is 0 Å². The molecule has 1 N–H and O–H groups in total. The maximum absolute atomic E-state index is 12.5. The van der Waals surface area contributed by atoms with Crippen LogP contribution >= 0.6 is 0 Å². The molecule has 0 spiro atoms. The smallest absolute Gasteiger partial charge is 0.325 e. The number of hydrogen-bond acceptors (Lipinski definition) is 4.